The molecule has 4 rings (SSSR count). The van der Waals surface area contributed by atoms with Crippen LogP contribution < -0.4 is 5.32 Å². The molecule has 0 bridgehead atoms. The molecule has 0 radical (unpaired) electrons. The first-order valence-corrected chi connectivity index (χ1v) is 10.1. The van der Waals surface area contributed by atoms with Crippen molar-refractivity contribution in [1.82, 2.24) is 20.4 Å². The molecule has 8 heteroatoms. The number of hydrogen-bond donors (Lipinski definition) is 1. The number of nitrogens with one attached hydrogen (secondary N) is 1. The van der Waals surface area contributed by atoms with E-state index < -0.39 is 6.04 Å². The van der Waals surface area contributed by atoms with Crippen molar-refractivity contribution in [2.75, 3.05) is 6.54 Å². The van der Waals surface area contributed by atoms with Crippen LogP contribution in [0, 0.1) is 11.6 Å². The molecule has 31 heavy (non-hydrogen) atoms. The minimum absolute atomic E-state index is 0.234. The highest BCUT2D eigenvalue weighted by Gasteiger charge is 2.35. The van der Waals surface area contributed by atoms with Gasteiger partial charge in [-0.3, -0.25) is 4.90 Å². The maximum Gasteiger partial charge on any atom is 0.322 e. The van der Waals surface area contributed by atoms with Crippen molar-refractivity contribution in [3.8, 4) is 11.4 Å². The van der Waals surface area contributed by atoms with Crippen molar-refractivity contribution in [3.05, 3.63) is 77.3 Å². The van der Waals surface area contributed by atoms with Crippen LogP contribution in [0.2, 0.25) is 0 Å². The maximum atomic E-state index is 13.5. The minimum atomic E-state index is -0.576. The van der Waals surface area contributed by atoms with Crippen molar-refractivity contribution in [2.45, 2.75) is 32.7 Å². The lowest BCUT2D eigenvalue weighted by Crippen LogP contribution is -2.46. The SMILES string of the molecule is CCCCN1C(=O)NC(c2ccc(F)cc2)C(c2nc(-c3ccc(F)cc3)no2)=C1C. The van der Waals surface area contributed by atoms with Crippen LogP contribution in [0.4, 0.5) is 13.6 Å². The predicted molar refractivity (Wildman–Crippen MR) is 112 cm³/mol. The lowest BCUT2D eigenvalue weighted by Gasteiger charge is -2.35. The number of unbranched alkanes of at least 4 members (excludes halogenated alkanes) is 1. The van der Waals surface area contributed by atoms with E-state index in [4.69, 9.17) is 4.52 Å². The molecule has 160 valence electrons. The fourth-order valence-electron chi connectivity index (χ4n) is 3.60. The highest BCUT2D eigenvalue weighted by Crippen LogP contribution is 2.37. The molecule has 2 aromatic carbocycles. The molecule has 3 aromatic rings. The van der Waals surface area contributed by atoms with E-state index in [0.29, 0.717) is 34.8 Å². The van der Waals surface area contributed by atoms with Crippen LogP contribution in [0.1, 0.15) is 44.2 Å². The third kappa shape index (κ3) is 4.19. The number of carbonyl (C=O) groups is 1. The number of hydrogen-bond acceptors (Lipinski definition) is 4. The van der Waals surface area contributed by atoms with Crippen molar-refractivity contribution in [3.63, 3.8) is 0 Å². The van der Waals surface area contributed by atoms with Crippen LogP contribution in [0.15, 0.2) is 58.8 Å². The largest absolute Gasteiger partial charge is 0.334 e. The highest BCUT2D eigenvalue weighted by molar-refractivity contribution is 5.86. The average molecular weight is 424 g/mol. The number of nitrogens with zero attached hydrogens (tertiary/aromatic N) is 3. The van der Waals surface area contributed by atoms with Crippen LogP contribution >= 0.6 is 0 Å². The molecule has 2 heterocycles. The van der Waals surface area contributed by atoms with Gasteiger partial charge in [0.1, 0.15) is 11.6 Å². The first-order chi connectivity index (χ1) is 15.0. The van der Waals surface area contributed by atoms with Crippen molar-refractivity contribution < 1.29 is 18.1 Å². The molecule has 1 atom stereocenters. The van der Waals surface area contributed by atoms with Gasteiger partial charge in [-0.1, -0.05) is 30.6 Å². The van der Waals surface area contributed by atoms with Gasteiger partial charge in [0.25, 0.3) is 5.89 Å². The summed E-state index contributed by atoms with van der Waals surface area (Å²) in [6, 6.07) is 10.9. The van der Waals surface area contributed by atoms with E-state index in [1.807, 2.05) is 6.92 Å². The van der Waals surface area contributed by atoms with Gasteiger partial charge in [-0.05, 0) is 55.3 Å². The van der Waals surface area contributed by atoms with Gasteiger partial charge < -0.3 is 9.84 Å². The third-order valence-corrected chi connectivity index (χ3v) is 5.29. The summed E-state index contributed by atoms with van der Waals surface area (Å²) in [5.41, 5.74) is 2.64. The van der Waals surface area contributed by atoms with Crippen molar-refractivity contribution in [1.29, 1.82) is 0 Å². The molecule has 0 fully saturated rings. The zero-order valence-corrected chi connectivity index (χ0v) is 17.2. The van der Waals surface area contributed by atoms with Gasteiger partial charge in [0, 0.05) is 17.8 Å². The summed E-state index contributed by atoms with van der Waals surface area (Å²) in [5, 5.41) is 7.02. The van der Waals surface area contributed by atoms with E-state index in [1.165, 1.54) is 24.3 Å². The fraction of sp³-hybridized carbons (Fsp3) is 0.261. The van der Waals surface area contributed by atoms with E-state index in [-0.39, 0.29) is 23.6 Å². The smallest absolute Gasteiger partial charge is 0.322 e. The summed E-state index contributed by atoms with van der Waals surface area (Å²) < 4.78 is 32.3. The molecule has 1 unspecified atom stereocenters. The van der Waals surface area contributed by atoms with Gasteiger partial charge in [0.2, 0.25) is 5.82 Å². The van der Waals surface area contributed by atoms with Gasteiger partial charge in [0.05, 0.1) is 11.6 Å². The Balaban J connectivity index is 1.78. The Morgan fingerprint density at radius 3 is 2.35 bits per heavy atom. The molecule has 2 amide bonds. The Kier molecular flexibility index (Phi) is 5.79. The number of amides is 2. The first-order valence-electron chi connectivity index (χ1n) is 10.1. The van der Waals surface area contributed by atoms with Gasteiger partial charge in [0.15, 0.2) is 0 Å². The second kappa shape index (κ2) is 8.67. The molecule has 1 aromatic heterocycles. The van der Waals surface area contributed by atoms with Crippen LogP contribution in [-0.2, 0) is 0 Å². The van der Waals surface area contributed by atoms with Crippen molar-refractivity contribution in [2.24, 2.45) is 0 Å². The third-order valence-electron chi connectivity index (χ3n) is 5.29. The zero-order valence-electron chi connectivity index (χ0n) is 17.2. The quantitative estimate of drug-likeness (QED) is 0.582. The molecule has 1 aliphatic rings. The maximum absolute atomic E-state index is 13.5. The summed E-state index contributed by atoms with van der Waals surface area (Å²) in [6.07, 6.45) is 1.77. The molecular formula is C23H22F2N4O2. The van der Waals surface area contributed by atoms with Gasteiger partial charge in [-0.2, -0.15) is 4.98 Å². The Morgan fingerprint density at radius 1 is 1.06 bits per heavy atom. The number of urea groups is 1. The van der Waals surface area contributed by atoms with E-state index in [0.717, 1.165) is 12.8 Å². The highest BCUT2D eigenvalue weighted by atomic mass is 19.1. The Bertz CT molecular complexity index is 1110. The standard InChI is InChI=1S/C23H22F2N4O2/c1-3-4-13-29-14(2)19(20(26-23(29)30)15-5-9-17(24)10-6-15)22-27-21(28-31-22)16-7-11-18(25)12-8-16/h5-12,20H,3-4,13H2,1-2H3,(H,26,30). The van der Waals surface area contributed by atoms with Gasteiger partial charge in [-0.15, -0.1) is 0 Å². The summed E-state index contributed by atoms with van der Waals surface area (Å²) >= 11 is 0. The van der Waals surface area contributed by atoms with Crippen LogP contribution in [0.3, 0.4) is 0 Å². The minimum Gasteiger partial charge on any atom is -0.334 e. The van der Waals surface area contributed by atoms with Crippen molar-refractivity contribution >= 4 is 11.6 Å². The molecule has 1 aliphatic heterocycles. The number of allylic oxidation sites excluding steroid dienone is 1. The van der Waals surface area contributed by atoms with E-state index in [1.54, 1.807) is 29.2 Å². The zero-order chi connectivity index (χ0) is 22.0. The summed E-state index contributed by atoms with van der Waals surface area (Å²) in [7, 11) is 0. The summed E-state index contributed by atoms with van der Waals surface area (Å²) in [4.78, 5) is 19.0. The van der Waals surface area contributed by atoms with Gasteiger partial charge >= 0.3 is 6.03 Å². The molecular weight excluding hydrogens is 402 g/mol. The number of halogens is 2. The molecule has 0 saturated carbocycles. The number of benzene rings is 2. The number of aromatic nitrogens is 2. The molecule has 0 saturated heterocycles. The van der Waals surface area contributed by atoms with E-state index in [9.17, 15) is 13.6 Å². The fourth-order valence-corrected chi connectivity index (χ4v) is 3.60. The molecule has 0 aliphatic carbocycles. The predicted octanol–water partition coefficient (Wildman–Crippen LogP) is 5.31. The van der Waals surface area contributed by atoms with Gasteiger partial charge in [-0.25, -0.2) is 13.6 Å². The normalized spacial score (nSPS) is 16.6. The number of rotatable bonds is 6. The van der Waals surface area contributed by atoms with Crippen LogP contribution in [0.5, 0.6) is 0 Å². The lowest BCUT2D eigenvalue weighted by atomic mass is 9.94. The average Bonchev–Trinajstić information content (AvgIpc) is 3.24. The lowest BCUT2D eigenvalue weighted by molar-refractivity contribution is 0.204. The molecule has 6 nitrogen and oxygen atoms in total. The number of carbonyl (C=O) groups excluding carboxylic acids is 1. The van der Waals surface area contributed by atoms with Crippen LogP contribution in [-0.4, -0.2) is 27.6 Å². The Hall–Kier alpha value is -3.55. The van der Waals surface area contributed by atoms with E-state index >= 15 is 0 Å². The second-order valence-electron chi connectivity index (χ2n) is 7.37. The second-order valence-corrected chi connectivity index (χ2v) is 7.37. The van der Waals surface area contributed by atoms with Crippen LogP contribution in [0.25, 0.3) is 17.0 Å². The summed E-state index contributed by atoms with van der Waals surface area (Å²) in [6.45, 7) is 4.44. The Morgan fingerprint density at radius 2 is 1.71 bits per heavy atom. The summed E-state index contributed by atoms with van der Waals surface area (Å²) in [5.74, 6) is -0.170. The first kappa shape index (κ1) is 20.7. The monoisotopic (exact) mass is 424 g/mol. The Labute approximate surface area is 178 Å². The van der Waals surface area contributed by atoms with E-state index in [2.05, 4.69) is 22.4 Å². The topological polar surface area (TPSA) is 71.3 Å². The molecule has 0 spiro atoms. The molecule has 1 N–H and O–H groups in total.